The Hall–Kier alpha value is -3.78. The zero-order chi connectivity index (χ0) is 23.7. The minimum absolute atomic E-state index is 0.131. The SMILES string of the molecule is COc1ccc(NC(=O)[C@@H](OC(=O)[C@]23CCC(=O)N2c2ccccc2S3)c2ccccc2)cc1. The van der Waals surface area contributed by atoms with E-state index >= 15 is 0 Å². The Labute approximate surface area is 201 Å². The smallest absolute Gasteiger partial charge is 0.344 e. The molecule has 2 heterocycles. The second-order valence-electron chi connectivity index (χ2n) is 8.00. The van der Waals surface area contributed by atoms with Crippen LogP contribution in [0.4, 0.5) is 11.4 Å². The van der Waals surface area contributed by atoms with Gasteiger partial charge in [-0.25, -0.2) is 4.79 Å². The minimum atomic E-state index is -1.21. The van der Waals surface area contributed by atoms with Crippen molar-refractivity contribution in [3.05, 3.63) is 84.4 Å². The molecule has 0 unspecified atom stereocenters. The van der Waals surface area contributed by atoms with Crippen molar-refractivity contribution in [1.82, 2.24) is 0 Å². The average Bonchev–Trinajstić information content (AvgIpc) is 3.39. The average molecular weight is 475 g/mol. The number of thioether (sulfide) groups is 1. The molecule has 1 N–H and O–H groups in total. The number of fused-ring (bicyclic) bond motifs is 3. The van der Waals surface area contributed by atoms with Crippen molar-refractivity contribution in [3.8, 4) is 5.75 Å². The van der Waals surface area contributed by atoms with Crippen molar-refractivity contribution in [2.75, 3.05) is 17.3 Å². The maximum Gasteiger partial charge on any atom is 0.344 e. The molecule has 5 rings (SSSR count). The van der Waals surface area contributed by atoms with E-state index in [0.29, 0.717) is 29.1 Å². The Morgan fingerprint density at radius 3 is 2.44 bits per heavy atom. The molecule has 0 aromatic heterocycles. The first kappa shape index (κ1) is 22.0. The van der Waals surface area contributed by atoms with Crippen LogP contribution in [0.15, 0.2) is 83.8 Å². The van der Waals surface area contributed by atoms with Crippen LogP contribution in [0, 0.1) is 0 Å². The first-order valence-corrected chi connectivity index (χ1v) is 11.7. The maximum atomic E-state index is 13.7. The molecule has 172 valence electrons. The van der Waals surface area contributed by atoms with E-state index in [4.69, 9.17) is 9.47 Å². The first-order valence-electron chi connectivity index (χ1n) is 10.8. The van der Waals surface area contributed by atoms with E-state index in [1.807, 2.05) is 30.3 Å². The number of nitrogens with one attached hydrogen (secondary N) is 1. The number of anilines is 2. The van der Waals surface area contributed by atoms with Gasteiger partial charge < -0.3 is 14.8 Å². The maximum absolute atomic E-state index is 13.7. The van der Waals surface area contributed by atoms with Gasteiger partial charge >= 0.3 is 5.97 Å². The number of carbonyl (C=O) groups excluding carboxylic acids is 3. The van der Waals surface area contributed by atoms with Gasteiger partial charge in [0.25, 0.3) is 5.91 Å². The molecule has 2 atom stereocenters. The Kier molecular flexibility index (Phi) is 5.75. The molecular weight excluding hydrogens is 452 g/mol. The molecule has 1 fully saturated rings. The number of carbonyl (C=O) groups is 3. The molecular formula is C26H22N2O5S. The molecule has 0 spiro atoms. The number of para-hydroxylation sites is 1. The third-order valence-electron chi connectivity index (χ3n) is 5.92. The van der Waals surface area contributed by atoms with Crippen LogP contribution in [0.25, 0.3) is 0 Å². The van der Waals surface area contributed by atoms with Crippen molar-refractivity contribution in [2.24, 2.45) is 0 Å². The van der Waals surface area contributed by atoms with Crippen molar-refractivity contribution < 1.29 is 23.9 Å². The van der Waals surface area contributed by atoms with Crippen LogP contribution in [0.2, 0.25) is 0 Å². The monoisotopic (exact) mass is 474 g/mol. The number of methoxy groups -OCH3 is 1. The predicted molar refractivity (Wildman–Crippen MR) is 129 cm³/mol. The van der Waals surface area contributed by atoms with Gasteiger partial charge in [0.05, 0.1) is 12.8 Å². The van der Waals surface area contributed by atoms with Crippen LogP contribution in [-0.4, -0.2) is 29.8 Å². The first-order chi connectivity index (χ1) is 16.5. The number of rotatable bonds is 6. The van der Waals surface area contributed by atoms with E-state index in [2.05, 4.69) is 5.32 Å². The summed E-state index contributed by atoms with van der Waals surface area (Å²) in [6.07, 6.45) is -0.636. The van der Waals surface area contributed by atoms with E-state index < -0.39 is 22.9 Å². The van der Waals surface area contributed by atoms with Crippen molar-refractivity contribution >= 4 is 40.9 Å². The molecule has 7 nitrogen and oxygen atoms in total. The van der Waals surface area contributed by atoms with Crippen LogP contribution >= 0.6 is 11.8 Å². The summed E-state index contributed by atoms with van der Waals surface area (Å²) in [5.74, 6) is -0.573. The van der Waals surface area contributed by atoms with E-state index in [9.17, 15) is 14.4 Å². The summed E-state index contributed by atoms with van der Waals surface area (Å²) in [6.45, 7) is 0. The standard InChI is InChI=1S/C26H22N2O5S/c1-32-19-13-11-18(12-14-19)27-24(30)23(17-7-3-2-4-8-17)33-25(31)26-16-15-22(29)28(26)20-9-5-6-10-21(20)34-26/h2-14,23H,15-16H2,1H3,(H,27,30)/t23-,26+/m0/s1. The zero-order valence-corrected chi connectivity index (χ0v) is 19.2. The highest BCUT2D eigenvalue weighted by atomic mass is 32.2. The van der Waals surface area contributed by atoms with Gasteiger partial charge in [-0.15, -0.1) is 0 Å². The third-order valence-corrected chi connectivity index (χ3v) is 7.37. The number of amides is 2. The number of benzene rings is 3. The number of nitrogens with zero attached hydrogens (tertiary/aromatic N) is 1. The molecule has 2 aliphatic rings. The molecule has 0 aliphatic carbocycles. The quantitative estimate of drug-likeness (QED) is 0.528. The normalized spacial score (nSPS) is 19.2. The Bertz CT molecular complexity index is 1250. The van der Waals surface area contributed by atoms with E-state index in [1.165, 1.54) is 16.7 Å². The summed E-state index contributed by atoms with van der Waals surface area (Å²) in [7, 11) is 1.56. The fourth-order valence-corrected chi connectivity index (χ4v) is 5.66. The van der Waals surface area contributed by atoms with Crippen molar-refractivity contribution in [3.63, 3.8) is 0 Å². The molecule has 0 saturated carbocycles. The number of hydrogen-bond acceptors (Lipinski definition) is 6. The van der Waals surface area contributed by atoms with Crippen LogP contribution in [0.1, 0.15) is 24.5 Å². The summed E-state index contributed by atoms with van der Waals surface area (Å²) in [6, 6.07) is 23.1. The summed E-state index contributed by atoms with van der Waals surface area (Å²) >= 11 is 1.31. The largest absolute Gasteiger partial charge is 0.497 e. The van der Waals surface area contributed by atoms with Crippen LogP contribution < -0.4 is 15.0 Å². The van der Waals surface area contributed by atoms with Crippen LogP contribution in [0.5, 0.6) is 5.75 Å². The lowest BCUT2D eigenvalue weighted by atomic mass is 10.1. The molecule has 0 radical (unpaired) electrons. The summed E-state index contributed by atoms with van der Waals surface area (Å²) in [5.41, 5.74) is 1.78. The Balaban J connectivity index is 1.43. The molecule has 0 bridgehead atoms. The summed E-state index contributed by atoms with van der Waals surface area (Å²) in [4.78, 5) is 40.8. The number of hydrogen-bond donors (Lipinski definition) is 1. The highest BCUT2D eigenvalue weighted by Crippen LogP contribution is 2.56. The Morgan fingerprint density at radius 1 is 1.00 bits per heavy atom. The van der Waals surface area contributed by atoms with Crippen molar-refractivity contribution in [2.45, 2.75) is 28.7 Å². The fourth-order valence-electron chi connectivity index (χ4n) is 4.25. The lowest BCUT2D eigenvalue weighted by molar-refractivity contribution is -0.157. The van der Waals surface area contributed by atoms with E-state index in [0.717, 1.165) is 4.90 Å². The van der Waals surface area contributed by atoms with E-state index in [-0.39, 0.29) is 12.3 Å². The second kappa shape index (κ2) is 8.87. The fraction of sp³-hybridized carbons (Fsp3) is 0.192. The molecule has 34 heavy (non-hydrogen) atoms. The van der Waals surface area contributed by atoms with Crippen LogP contribution in [0.3, 0.4) is 0 Å². The summed E-state index contributed by atoms with van der Waals surface area (Å²) in [5, 5.41) is 2.81. The molecule has 3 aromatic carbocycles. The zero-order valence-electron chi connectivity index (χ0n) is 18.4. The van der Waals surface area contributed by atoms with Gasteiger partial charge in [0, 0.05) is 29.0 Å². The van der Waals surface area contributed by atoms with Gasteiger partial charge in [-0.2, -0.15) is 0 Å². The van der Waals surface area contributed by atoms with Gasteiger partial charge in [-0.05, 0) is 36.4 Å². The summed E-state index contributed by atoms with van der Waals surface area (Å²) < 4.78 is 11.1. The molecule has 8 heteroatoms. The lowest BCUT2D eigenvalue weighted by Gasteiger charge is -2.30. The predicted octanol–water partition coefficient (Wildman–Crippen LogP) is 4.55. The Morgan fingerprint density at radius 2 is 1.71 bits per heavy atom. The molecule has 3 aromatic rings. The van der Waals surface area contributed by atoms with Gasteiger partial charge in [0.1, 0.15) is 5.75 Å². The van der Waals surface area contributed by atoms with Gasteiger partial charge in [0.15, 0.2) is 4.87 Å². The highest BCUT2D eigenvalue weighted by molar-refractivity contribution is 8.02. The van der Waals surface area contributed by atoms with Crippen molar-refractivity contribution in [1.29, 1.82) is 0 Å². The molecule has 1 saturated heterocycles. The lowest BCUT2D eigenvalue weighted by Crippen LogP contribution is -2.48. The van der Waals surface area contributed by atoms with E-state index in [1.54, 1.807) is 55.6 Å². The minimum Gasteiger partial charge on any atom is -0.497 e. The highest BCUT2D eigenvalue weighted by Gasteiger charge is 2.59. The topological polar surface area (TPSA) is 84.9 Å². The number of esters is 1. The van der Waals surface area contributed by atoms with Gasteiger partial charge in [0.2, 0.25) is 12.0 Å². The number of ether oxygens (including phenoxy) is 2. The second-order valence-corrected chi connectivity index (χ2v) is 9.32. The van der Waals surface area contributed by atoms with Gasteiger partial charge in [-0.1, -0.05) is 54.2 Å². The molecule has 2 amide bonds. The molecule has 2 aliphatic heterocycles. The van der Waals surface area contributed by atoms with Crippen LogP contribution in [-0.2, 0) is 19.1 Å². The third kappa shape index (κ3) is 3.80. The van der Waals surface area contributed by atoms with Gasteiger partial charge in [-0.3, -0.25) is 14.5 Å².